The van der Waals surface area contributed by atoms with Gasteiger partial charge in [0.05, 0.1) is 17.2 Å². The van der Waals surface area contributed by atoms with Crippen molar-refractivity contribution in [2.24, 2.45) is 0 Å². The van der Waals surface area contributed by atoms with Crippen molar-refractivity contribution < 1.29 is 9.66 Å². The zero-order chi connectivity index (χ0) is 13.0. The van der Waals surface area contributed by atoms with Crippen molar-refractivity contribution in [1.82, 2.24) is 9.78 Å². The molecule has 0 aliphatic rings. The molecule has 0 amide bonds. The maximum Gasteiger partial charge on any atom is 0.269 e. The predicted octanol–water partition coefficient (Wildman–Crippen LogP) is 2.18. The summed E-state index contributed by atoms with van der Waals surface area (Å²) in [5.41, 5.74) is 1.02. The van der Waals surface area contributed by atoms with E-state index in [0.717, 1.165) is 5.69 Å². The van der Waals surface area contributed by atoms with E-state index in [0.29, 0.717) is 18.9 Å². The van der Waals surface area contributed by atoms with E-state index in [-0.39, 0.29) is 5.69 Å². The van der Waals surface area contributed by atoms with Gasteiger partial charge in [0.15, 0.2) is 0 Å². The molecule has 6 heteroatoms. The van der Waals surface area contributed by atoms with Crippen LogP contribution in [0.1, 0.15) is 5.69 Å². The summed E-state index contributed by atoms with van der Waals surface area (Å²) in [5.74, 6) is 0.615. The number of hydrogen-bond acceptors (Lipinski definition) is 4. The fourth-order valence-electron chi connectivity index (χ4n) is 1.51. The Kier molecular flexibility index (Phi) is 3.57. The molecule has 2 aromatic rings. The van der Waals surface area contributed by atoms with E-state index in [9.17, 15) is 10.1 Å². The highest BCUT2D eigenvalue weighted by atomic mass is 16.6. The first-order chi connectivity index (χ1) is 8.65. The van der Waals surface area contributed by atoms with Gasteiger partial charge in [-0.3, -0.25) is 14.8 Å². The van der Waals surface area contributed by atoms with E-state index in [1.807, 2.05) is 19.2 Å². The highest BCUT2D eigenvalue weighted by Gasteiger charge is 2.04. The van der Waals surface area contributed by atoms with Gasteiger partial charge in [-0.1, -0.05) is 0 Å². The van der Waals surface area contributed by atoms with Crippen LogP contribution in [0.25, 0.3) is 0 Å². The summed E-state index contributed by atoms with van der Waals surface area (Å²) < 4.78 is 7.26. The van der Waals surface area contributed by atoms with Crippen molar-refractivity contribution in [3.05, 3.63) is 52.3 Å². The molecule has 18 heavy (non-hydrogen) atoms. The van der Waals surface area contributed by atoms with Crippen LogP contribution in [0.15, 0.2) is 36.5 Å². The zero-order valence-corrected chi connectivity index (χ0v) is 9.94. The summed E-state index contributed by atoms with van der Waals surface area (Å²) in [6.07, 6.45) is 1.88. The molecule has 1 heterocycles. The quantitative estimate of drug-likeness (QED) is 0.599. The molecule has 0 spiro atoms. The normalized spacial score (nSPS) is 10.3. The minimum absolute atomic E-state index is 0.0602. The number of aromatic nitrogens is 2. The SMILES string of the molecule is Cc1ccn(CCOc2ccc([N+](=O)[O-])cc2)n1. The van der Waals surface area contributed by atoms with Crippen LogP contribution in [-0.4, -0.2) is 21.3 Å². The molecule has 0 radical (unpaired) electrons. The maximum absolute atomic E-state index is 10.5. The lowest BCUT2D eigenvalue weighted by Crippen LogP contribution is -2.08. The summed E-state index contributed by atoms with van der Waals surface area (Å²) in [4.78, 5) is 10.0. The number of ether oxygens (including phenoxy) is 1. The van der Waals surface area contributed by atoms with Gasteiger partial charge in [-0.2, -0.15) is 5.10 Å². The van der Waals surface area contributed by atoms with Crippen LogP contribution < -0.4 is 4.74 Å². The molecular weight excluding hydrogens is 234 g/mol. The van der Waals surface area contributed by atoms with Crippen molar-refractivity contribution in [3.8, 4) is 5.75 Å². The van der Waals surface area contributed by atoms with Crippen LogP contribution in [0.5, 0.6) is 5.75 Å². The van der Waals surface area contributed by atoms with E-state index in [2.05, 4.69) is 5.10 Å². The summed E-state index contributed by atoms with van der Waals surface area (Å²) in [6, 6.07) is 7.95. The van der Waals surface area contributed by atoms with Gasteiger partial charge in [0.25, 0.3) is 5.69 Å². The topological polar surface area (TPSA) is 70.2 Å². The number of nitro groups is 1. The second-order valence-corrected chi connectivity index (χ2v) is 3.82. The molecule has 0 atom stereocenters. The number of nitrogens with zero attached hydrogens (tertiary/aromatic N) is 3. The number of benzene rings is 1. The van der Waals surface area contributed by atoms with Gasteiger partial charge in [0, 0.05) is 18.3 Å². The van der Waals surface area contributed by atoms with Crippen LogP contribution >= 0.6 is 0 Å². The molecule has 94 valence electrons. The van der Waals surface area contributed by atoms with Crippen molar-refractivity contribution in [2.45, 2.75) is 13.5 Å². The van der Waals surface area contributed by atoms with Crippen LogP contribution in [0.2, 0.25) is 0 Å². The lowest BCUT2D eigenvalue weighted by Gasteiger charge is -2.05. The van der Waals surface area contributed by atoms with Gasteiger partial charge in [0.1, 0.15) is 12.4 Å². The Bertz CT molecular complexity index is 534. The maximum atomic E-state index is 10.5. The number of rotatable bonds is 5. The van der Waals surface area contributed by atoms with E-state index >= 15 is 0 Å². The van der Waals surface area contributed by atoms with Gasteiger partial charge in [-0.15, -0.1) is 0 Å². The highest BCUT2D eigenvalue weighted by molar-refractivity contribution is 5.35. The number of hydrogen-bond donors (Lipinski definition) is 0. The molecular formula is C12H13N3O3. The molecule has 0 aliphatic heterocycles. The Morgan fingerprint density at radius 3 is 2.61 bits per heavy atom. The Labute approximate surface area is 104 Å². The van der Waals surface area contributed by atoms with Crippen LogP contribution in [0.4, 0.5) is 5.69 Å². The Morgan fingerprint density at radius 2 is 2.06 bits per heavy atom. The average molecular weight is 247 g/mol. The lowest BCUT2D eigenvalue weighted by molar-refractivity contribution is -0.384. The molecule has 0 fully saturated rings. The van der Waals surface area contributed by atoms with E-state index < -0.39 is 4.92 Å². The Morgan fingerprint density at radius 1 is 1.33 bits per heavy atom. The lowest BCUT2D eigenvalue weighted by atomic mass is 10.3. The molecule has 0 bridgehead atoms. The number of aryl methyl sites for hydroxylation is 1. The van der Waals surface area contributed by atoms with Crippen LogP contribution in [-0.2, 0) is 6.54 Å². The molecule has 2 rings (SSSR count). The third kappa shape index (κ3) is 3.07. The molecule has 0 unspecified atom stereocenters. The van der Waals surface area contributed by atoms with Crippen LogP contribution in [0, 0.1) is 17.0 Å². The Balaban J connectivity index is 1.85. The second kappa shape index (κ2) is 5.31. The molecule has 1 aromatic heterocycles. The summed E-state index contributed by atoms with van der Waals surface area (Å²) >= 11 is 0. The van der Waals surface area contributed by atoms with Gasteiger partial charge >= 0.3 is 0 Å². The van der Waals surface area contributed by atoms with Gasteiger partial charge in [-0.25, -0.2) is 0 Å². The van der Waals surface area contributed by atoms with Gasteiger partial charge in [-0.05, 0) is 25.1 Å². The van der Waals surface area contributed by atoms with E-state index in [1.54, 1.807) is 16.8 Å². The minimum Gasteiger partial charge on any atom is -0.492 e. The highest BCUT2D eigenvalue weighted by Crippen LogP contribution is 2.17. The molecule has 1 aromatic carbocycles. The van der Waals surface area contributed by atoms with Crippen molar-refractivity contribution in [1.29, 1.82) is 0 Å². The van der Waals surface area contributed by atoms with Crippen LogP contribution in [0.3, 0.4) is 0 Å². The van der Waals surface area contributed by atoms with E-state index in [4.69, 9.17) is 4.74 Å². The standard InChI is InChI=1S/C12H13N3O3/c1-10-6-7-14(13-10)8-9-18-12-4-2-11(3-5-12)15(16)17/h2-7H,8-9H2,1H3. The monoisotopic (exact) mass is 247 g/mol. The molecule has 0 N–H and O–H groups in total. The van der Waals surface area contributed by atoms with Crippen molar-refractivity contribution in [3.63, 3.8) is 0 Å². The largest absolute Gasteiger partial charge is 0.492 e. The van der Waals surface area contributed by atoms with Crippen molar-refractivity contribution >= 4 is 5.69 Å². The average Bonchev–Trinajstić information content (AvgIpc) is 2.76. The third-order valence-corrected chi connectivity index (χ3v) is 2.41. The fourth-order valence-corrected chi connectivity index (χ4v) is 1.51. The number of nitro benzene ring substituents is 1. The first-order valence-electron chi connectivity index (χ1n) is 5.52. The molecule has 0 saturated carbocycles. The molecule has 0 aliphatic carbocycles. The predicted molar refractivity (Wildman–Crippen MR) is 65.6 cm³/mol. The van der Waals surface area contributed by atoms with E-state index in [1.165, 1.54) is 12.1 Å². The smallest absolute Gasteiger partial charge is 0.269 e. The van der Waals surface area contributed by atoms with Crippen molar-refractivity contribution in [2.75, 3.05) is 6.61 Å². The summed E-state index contributed by atoms with van der Waals surface area (Å²) in [7, 11) is 0. The summed E-state index contributed by atoms with van der Waals surface area (Å²) in [5, 5.41) is 14.7. The Hall–Kier alpha value is -2.37. The number of non-ortho nitro benzene ring substituents is 1. The first kappa shape index (κ1) is 12.1. The fraction of sp³-hybridized carbons (Fsp3) is 0.250. The molecule has 0 saturated heterocycles. The van der Waals surface area contributed by atoms with Gasteiger partial charge in [0.2, 0.25) is 0 Å². The zero-order valence-electron chi connectivity index (χ0n) is 9.94. The van der Waals surface area contributed by atoms with Gasteiger partial charge < -0.3 is 4.74 Å². The first-order valence-corrected chi connectivity index (χ1v) is 5.52. The molecule has 6 nitrogen and oxygen atoms in total. The summed E-state index contributed by atoms with van der Waals surface area (Å²) in [6.45, 7) is 3.04. The second-order valence-electron chi connectivity index (χ2n) is 3.82. The minimum atomic E-state index is -0.434. The third-order valence-electron chi connectivity index (χ3n) is 2.41.